The quantitative estimate of drug-likeness (QED) is 0.505. The number of piperidine rings is 1. The zero-order valence-corrected chi connectivity index (χ0v) is 20.8. The number of ether oxygens (including phenoxy) is 1. The number of hydrogen-bond acceptors (Lipinski definition) is 5. The molecule has 0 spiro atoms. The SMILES string of the molecule is COc1ccc2ncc(C)c([C@@H](O)CCC3(C(=O)O)CCN(CCC4CCCCC4)CC3)c2c1. The highest BCUT2D eigenvalue weighted by atomic mass is 16.5. The molecule has 186 valence electrons. The normalized spacial score (nSPS) is 20.3. The number of aryl methyl sites for hydroxylation is 1. The first-order valence-electron chi connectivity index (χ1n) is 13.0. The third-order valence-corrected chi connectivity index (χ3v) is 8.39. The largest absolute Gasteiger partial charge is 0.497 e. The van der Waals surface area contributed by atoms with Gasteiger partial charge in [0.05, 0.1) is 24.1 Å². The van der Waals surface area contributed by atoms with Gasteiger partial charge in [-0.05, 0) is 93.9 Å². The number of methoxy groups -OCH3 is 1. The fourth-order valence-electron chi connectivity index (χ4n) is 6.03. The zero-order valence-electron chi connectivity index (χ0n) is 20.8. The fourth-order valence-corrected chi connectivity index (χ4v) is 6.03. The van der Waals surface area contributed by atoms with E-state index in [1.807, 2.05) is 25.1 Å². The molecule has 1 aliphatic heterocycles. The number of nitrogens with zero attached hydrogens (tertiary/aromatic N) is 2. The molecule has 2 aromatic rings. The number of fused-ring (bicyclic) bond motifs is 1. The molecule has 1 aromatic carbocycles. The monoisotopic (exact) mass is 468 g/mol. The summed E-state index contributed by atoms with van der Waals surface area (Å²) in [6.45, 7) is 4.71. The van der Waals surface area contributed by atoms with Gasteiger partial charge in [-0.15, -0.1) is 0 Å². The number of aromatic nitrogens is 1. The van der Waals surface area contributed by atoms with Crippen LogP contribution in [-0.2, 0) is 4.79 Å². The molecule has 34 heavy (non-hydrogen) atoms. The van der Waals surface area contributed by atoms with Gasteiger partial charge in [0.1, 0.15) is 5.75 Å². The third-order valence-electron chi connectivity index (χ3n) is 8.39. The molecular weight excluding hydrogens is 428 g/mol. The first-order valence-corrected chi connectivity index (χ1v) is 13.0. The molecule has 1 saturated heterocycles. The van der Waals surface area contributed by atoms with Crippen LogP contribution < -0.4 is 4.74 Å². The molecule has 2 aliphatic rings. The van der Waals surface area contributed by atoms with Crippen molar-refractivity contribution in [1.29, 1.82) is 0 Å². The summed E-state index contributed by atoms with van der Waals surface area (Å²) in [6, 6.07) is 5.67. The summed E-state index contributed by atoms with van der Waals surface area (Å²) in [5.74, 6) is 0.854. The van der Waals surface area contributed by atoms with Crippen molar-refractivity contribution in [1.82, 2.24) is 9.88 Å². The minimum atomic E-state index is -0.753. The summed E-state index contributed by atoms with van der Waals surface area (Å²) < 4.78 is 5.38. The minimum absolute atomic E-state index is 0.422. The number of aliphatic hydroxyl groups is 1. The zero-order chi connectivity index (χ0) is 24.1. The highest BCUT2D eigenvalue weighted by Gasteiger charge is 2.41. The molecule has 4 rings (SSSR count). The van der Waals surface area contributed by atoms with E-state index in [-0.39, 0.29) is 0 Å². The van der Waals surface area contributed by atoms with Crippen LogP contribution in [0.4, 0.5) is 0 Å². The van der Waals surface area contributed by atoms with Crippen LogP contribution in [0, 0.1) is 18.3 Å². The number of pyridine rings is 1. The Morgan fingerprint density at radius 2 is 1.97 bits per heavy atom. The molecule has 2 fully saturated rings. The maximum atomic E-state index is 12.4. The first-order chi connectivity index (χ1) is 16.4. The van der Waals surface area contributed by atoms with E-state index < -0.39 is 17.5 Å². The lowest BCUT2D eigenvalue weighted by Crippen LogP contribution is -2.45. The number of carboxylic acids is 1. The van der Waals surface area contributed by atoms with Crippen LogP contribution in [0.2, 0.25) is 0 Å². The molecule has 6 nitrogen and oxygen atoms in total. The van der Waals surface area contributed by atoms with Crippen LogP contribution in [0.15, 0.2) is 24.4 Å². The van der Waals surface area contributed by atoms with Gasteiger partial charge < -0.3 is 19.8 Å². The van der Waals surface area contributed by atoms with E-state index in [4.69, 9.17) is 4.74 Å². The third kappa shape index (κ3) is 5.55. The van der Waals surface area contributed by atoms with Crippen molar-refractivity contribution in [2.45, 2.75) is 77.2 Å². The Morgan fingerprint density at radius 3 is 2.65 bits per heavy atom. The first kappa shape index (κ1) is 24.9. The van der Waals surface area contributed by atoms with E-state index in [0.717, 1.165) is 53.3 Å². The van der Waals surface area contributed by atoms with Crippen LogP contribution >= 0.6 is 0 Å². The van der Waals surface area contributed by atoms with Crippen molar-refractivity contribution in [2.75, 3.05) is 26.7 Å². The smallest absolute Gasteiger partial charge is 0.309 e. The summed E-state index contributed by atoms with van der Waals surface area (Å²) in [5.41, 5.74) is 1.79. The van der Waals surface area contributed by atoms with E-state index in [1.165, 1.54) is 38.5 Å². The van der Waals surface area contributed by atoms with E-state index >= 15 is 0 Å². The lowest BCUT2D eigenvalue weighted by molar-refractivity contribution is -0.153. The van der Waals surface area contributed by atoms with Crippen molar-refractivity contribution in [2.24, 2.45) is 11.3 Å². The molecule has 2 heterocycles. The molecule has 2 N–H and O–H groups in total. The van der Waals surface area contributed by atoms with Gasteiger partial charge in [0.2, 0.25) is 0 Å². The molecular formula is C28H40N2O4. The van der Waals surface area contributed by atoms with Gasteiger partial charge in [0.25, 0.3) is 0 Å². The van der Waals surface area contributed by atoms with Crippen molar-refractivity contribution < 1.29 is 19.7 Å². The molecule has 1 atom stereocenters. The van der Waals surface area contributed by atoms with E-state index in [0.29, 0.717) is 25.7 Å². The Bertz CT molecular complexity index is 978. The molecule has 0 radical (unpaired) electrons. The molecule has 1 aliphatic carbocycles. The van der Waals surface area contributed by atoms with Gasteiger partial charge in [0, 0.05) is 11.6 Å². The van der Waals surface area contributed by atoms with Gasteiger partial charge >= 0.3 is 5.97 Å². The molecule has 6 heteroatoms. The van der Waals surface area contributed by atoms with Crippen LogP contribution in [0.25, 0.3) is 10.9 Å². The predicted octanol–water partition coefficient (Wildman–Crippen LogP) is 5.50. The second-order valence-corrected chi connectivity index (χ2v) is 10.5. The van der Waals surface area contributed by atoms with Crippen molar-refractivity contribution in [3.63, 3.8) is 0 Å². The summed E-state index contributed by atoms with van der Waals surface area (Å²) in [7, 11) is 1.62. The van der Waals surface area contributed by atoms with Crippen LogP contribution in [0.3, 0.4) is 0 Å². The Morgan fingerprint density at radius 1 is 1.24 bits per heavy atom. The van der Waals surface area contributed by atoms with Gasteiger partial charge in [-0.1, -0.05) is 32.1 Å². The number of aliphatic carboxylic acids is 1. The average molecular weight is 469 g/mol. The second-order valence-electron chi connectivity index (χ2n) is 10.5. The topological polar surface area (TPSA) is 82.9 Å². The maximum Gasteiger partial charge on any atom is 0.309 e. The average Bonchev–Trinajstić information content (AvgIpc) is 2.86. The van der Waals surface area contributed by atoms with Crippen molar-refractivity contribution in [3.8, 4) is 5.75 Å². The number of benzene rings is 1. The Kier molecular flexibility index (Phi) is 8.10. The molecule has 1 saturated carbocycles. The lowest BCUT2D eigenvalue weighted by atomic mass is 9.73. The van der Waals surface area contributed by atoms with E-state index in [9.17, 15) is 15.0 Å². The summed E-state index contributed by atoms with van der Waals surface area (Å²) in [4.78, 5) is 19.3. The Hall–Kier alpha value is -2.18. The van der Waals surface area contributed by atoms with Crippen LogP contribution in [0.5, 0.6) is 5.75 Å². The van der Waals surface area contributed by atoms with Gasteiger partial charge in [-0.3, -0.25) is 9.78 Å². The second kappa shape index (κ2) is 11.0. The number of carbonyl (C=O) groups is 1. The van der Waals surface area contributed by atoms with E-state index in [1.54, 1.807) is 13.3 Å². The standard InChI is InChI=1S/C28H40N2O4/c1-20-19-29-24-9-8-22(34-2)18-23(24)26(20)25(31)10-12-28(27(32)33)13-16-30(17-14-28)15-11-21-6-4-3-5-7-21/h8-9,18-19,21,25,31H,3-7,10-17H2,1-2H3,(H,32,33)/t25-/m0/s1. The highest BCUT2D eigenvalue weighted by molar-refractivity contribution is 5.85. The number of rotatable bonds is 9. The fraction of sp³-hybridized carbons (Fsp3) is 0.643. The number of carboxylic acid groups (broad SMARTS) is 1. The van der Waals surface area contributed by atoms with Crippen molar-refractivity contribution in [3.05, 3.63) is 35.5 Å². The van der Waals surface area contributed by atoms with Crippen LogP contribution in [-0.4, -0.2) is 52.8 Å². The van der Waals surface area contributed by atoms with Crippen molar-refractivity contribution >= 4 is 16.9 Å². The summed E-state index contributed by atoms with van der Waals surface area (Å²) >= 11 is 0. The highest BCUT2D eigenvalue weighted by Crippen LogP contribution is 2.40. The number of aliphatic hydroxyl groups excluding tert-OH is 1. The minimum Gasteiger partial charge on any atom is -0.497 e. The summed E-state index contributed by atoms with van der Waals surface area (Å²) in [5, 5.41) is 22.2. The van der Waals surface area contributed by atoms with Gasteiger partial charge in [0.15, 0.2) is 0 Å². The van der Waals surface area contributed by atoms with Crippen LogP contribution in [0.1, 0.15) is 81.4 Å². The number of likely N-dealkylation sites (tertiary alicyclic amines) is 1. The molecule has 0 unspecified atom stereocenters. The van der Waals surface area contributed by atoms with Gasteiger partial charge in [-0.2, -0.15) is 0 Å². The molecule has 0 amide bonds. The Balaban J connectivity index is 1.39. The lowest BCUT2D eigenvalue weighted by Gasteiger charge is -2.40. The van der Waals surface area contributed by atoms with E-state index in [2.05, 4.69) is 9.88 Å². The summed E-state index contributed by atoms with van der Waals surface area (Å²) in [6.07, 6.45) is 11.4. The Labute approximate surface area is 203 Å². The maximum absolute atomic E-state index is 12.4. The number of hydrogen-bond donors (Lipinski definition) is 2. The predicted molar refractivity (Wildman–Crippen MR) is 134 cm³/mol. The van der Waals surface area contributed by atoms with Gasteiger partial charge in [-0.25, -0.2) is 0 Å². The molecule has 1 aromatic heterocycles. The molecule has 0 bridgehead atoms.